The summed E-state index contributed by atoms with van der Waals surface area (Å²) in [5.41, 5.74) is 7.10. The van der Waals surface area contributed by atoms with Crippen LogP contribution in [0.4, 0.5) is 11.6 Å². The van der Waals surface area contributed by atoms with Crippen molar-refractivity contribution in [3.05, 3.63) is 11.4 Å². The van der Waals surface area contributed by atoms with Crippen molar-refractivity contribution in [2.75, 3.05) is 23.7 Å². The van der Waals surface area contributed by atoms with Crippen molar-refractivity contribution in [3.63, 3.8) is 0 Å². The summed E-state index contributed by atoms with van der Waals surface area (Å²) in [5.74, 6) is 4.36. The minimum atomic E-state index is 0.651. The fourth-order valence-corrected chi connectivity index (χ4v) is 2.51. The van der Waals surface area contributed by atoms with Gasteiger partial charge in [-0.05, 0) is 44.4 Å². The first kappa shape index (κ1) is 12.7. The van der Waals surface area contributed by atoms with Crippen molar-refractivity contribution in [1.82, 2.24) is 9.97 Å². The maximum Gasteiger partial charge on any atom is 0.137 e. The van der Waals surface area contributed by atoms with E-state index < -0.39 is 0 Å². The van der Waals surface area contributed by atoms with Crippen LogP contribution in [-0.2, 0) is 6.42 Å². The third kappa shape index (κ3) is 2.99. The van der Waals surface area contributed by atoms with Gasteiger partial charge >= 0.3 is 0 Å². The monoisotopic (exact) mass is 260 g/mol. The van der Waals surface area contributed by atoms with Crippen LogP contribution in [0, 0.1) is 18.8 Å². The Hall–Kier alpha value is -1.32. The van der Waals surface area contributed by atoms with E-state index in [9.17, 15) is 0 Å². The molecular formula is C15H24N4. The van der Waals surface area contributed by atoms with Gasteiger partial charge in [-0.3, -0.25) is 0 Å². The van der Waals surface area contributed by atoms with Crippen LogP contribution in [0.3, 0.4) is 0 Å². The third-order valence-corrected chi connectivity index (χ3v) is 4.17. The van der Waals surface area contributed by atoms with Gasteiger partial charge in [-0.15, -0.1) is 0 Å². The Labute approximate surface area is 115 Å². The van der Waals surface area contributed by atoms with Gasteiger partial charge in [-0.25, -0.2) is 9.97 Å². The molecule has 1 aromatic heterocycles. The number of rotatable bonds is 6. The van der Waals surface area contributed by atoms with Gasteiger partial charge in [0.1, 0.15) is 17.5 Å². The van der Waals surface area contributed by atoms with Crippen LogP contribution in [0.1, 0.15) is 44.0 Å². The molecule has 0 atom stereocenters. The van der Waals surface area contributed by atoms with E-state index in [1.807, 2.05) is 0 Å². The number of hydrogen-bond donors (Lipinski definition) is 1. The Morgan fingerprint density at radius 1 is 1.11 bits per heavy atom. The summed E-state index contributed by atoms with van der Waals surface area (Å²) in [6.45, 7) is 6.44. The molecular weight excluding hydrogens is 236 g/mol. The van der Waals surface area contributed by atoms with Crippen LogP contribution in [0.25, 0.3) is 0 Å². The molecule has 0 spiro atoms. The molecule has 3 rings (SSSR count). The molecule has 2 aliphatic carbocycles. The maximum absolute atomic E-state index is 6.05. The first-order chi connectivity index (χ1) is 9.17. The lowest BCUT2D eigenvalue weighted by atomic mass is 10.2. The van der Waals surface area contributed by atoms with E-state index in [1.165, 1.54) is 25.7 Å². The lowest BCUT2D eigenvalue weighted by molar-refractivity contribution is 0.666. The summed E-state index contributed by atoms with van der Waals surface area (Å²) >= 11 is 0. The normalized spacial score (nSPS) is 18.6. The number of hydrogen-bond acceptors (Lipinski definition) is 4. The highest BCUT2D eigenvalue weighted by Crippen LogP contribution is 2.36. The second-order valence-electron chi connectivity index (χ2n) is 6.12. The molecule has 2 fully saturated rings. The number of aromatic nitrogens is 2. The quantitative estimate of drug-likeness (QED) is 0.854. The summed E-state index contributed by atoms with van der Waals surface area (Å²) < 4.78 is 0. The minimum absolute atomic E-state index is 0.651. The Balaban J connectivity index is 1.87. The van der Waals surface area contributed by atoms with Crippen molar-refractivity contribution in [3.8, 4) is 0 Å². The SMILES string of the molecule is CCc1nc(N)c(C)c(N(CC2CC2)CC2CC2)n1. The number of nitrogen functional groups attached to an aromatic ring is 1. The number of aryl methyl sites for hydroxylation is 1. The first-order valence-electron chi connectivity index (χ1n) is 7.55. The smallest absolute Gasteiger partial charge is 0.137 e. The average molecular weight is 260 g/mol. The molecule has 0 radical (unpaired) electrons. The van der Waals surface area contributed by atoms with Gasteiger partial charge in [-0.1, -0.05) is 6.92 Å². The van der Waals surface area contributed by atoms with E-state index in [1.54, 1.807) is 0 Å². The molecule has 0 unspecified atom stereocenters. The van der Waals surface area contributed by atoms with E-state index in [0.717, 1.165) is 48.6 Å². The largest absolute Gasteiger partial charge is 0.383 e. The van der Waals surface area contributed by atoms with E-state index in [2.05, 4.69) is 23.7 Å². The molecule has 0 saturated heterocycles. The van der Waals surface area contributed by atoms with Gasteiger partial charge in [-0.2, -0.15) is 0 Å². The highest BCUT2D eigenvalue weighted by atomic mass is 15.2. The molecule has 2 aliphatic rings. The van der Waals surface area contributed by atoms with Crippen molar-refractivity contribution >= 4 is 11.6 Å². The summed E-state index contributed by atoms with van der Waals surface area (Å²) in [6.07, 6.45) is 6.35. The lowest BCUT2D eigenvalue weighted by Crippen LogP contribution is -2.30. The number of nitrogens with two attached hydrogens (primary N) is 1. The van der Waals surface area contributed by atoms with Crippen LogP contribution in [-0.4, -0.2) is 23.1 Å². The molecule has 2 N–H and O–H groups in total. The van der Waals surface area contributed by atoms with Crippen LogP contribution in [0.2, 0.25) is 0 Å². The minimum Gasteiger partial charge on any atom is -0.383 e. The predicted octanol–water partition coefficient (Wildman–Crippen LogP) is 2.56. The fraction of sp³-hybridized carbons (Fsp3) is 0.733. The average Bonchev–Trinajstić information content (AvgIpc) is 3.27. The molecule has 0 aromatic carbocycles. The van der Waals surface area contributed by atoms with Gasteiger partial charge in [0.15, 0.2) is 0 Å². The standard InChI is InChI=1S/C15H24N4/c1-3-13-17-14(16)10(2)15(18-13)19(8-11-4-5-11)9-12-6-7-12/h11-12H,3-9H2,1-2H3,(H2,16,17,18). The Morgan fingerprint density at radius 2 is 1.68 bits per heavy atom. The van der Waals surface area contributed by atoms with Crippen LogP contribution in [0.15, 0.2) is 0 Å². The molecule has 1 heterocycles. The van der Waals surface area contributed by atoms with Crippen LogP contribution < -0.4 is 10.6 Å². The Kier molecular flexibility index (Phi) is 3.33. The fourth-order valence-electron chi connectivity index (χ4n) is 2.51. The molecule has 4 nitrogen and oxygen atoms in total. The van der Waals surface area contributed by atoms with E-state index in [4.69, 9.17) is 10.7 Å². The van der Waals surface area contributed by atoms with Crippen LogP contribution >= 0.6 is 0 Å². The van der Waals surface area contributed by atoms with E-state index in [0.29, 0.717) is 5.82 Å². The molecule has 0 bridgehead atoms. The molecule has 2 saturated carbocycles. The van der Waals surface area contributed by atoms with Gasteiger partial charge in [0, 0.05) is 25.1 Å². The summed E-state index contributed by atoms with van der Waals surface area (Å²) in [6, 6.07) is 0. The van der Waals surface area contributed by atoms with Crippen molar-refractivity contribution in [2.45, 2.75) is 46.0 Å². The number of nitrogens with zero attached hydrogens (tertiary/aromatic N) is 3. The van der Waals surface area contributed by atoms with Gasteiger partial charge in [0.2, 0.25) is 0 Å². The van der Waals surface area contributed by atoms with Crippen LogP contribution in [0.5, 0.6) is 0 Å². The first-order valence-corrected chi connectivity index (χ1v) is 7.55. The number of anilines is 2. The molecule has 19 heavy (non-hydrogen) atoms. The molecule has 4 heteroatoms. The highest BCUT2D eigenvalue weighted by molar-refractivity contribution is 5.56. The summed E-state index contributed by atoms with van der Waals surface area (Å²) in [7, 11) is 0. The summed E-state index contributed by atoms with van der Waals surface area (Å²) in [5, 5.41) is 0. The predicted molar refractivity (Wildman–Crippen MR) is 78.2 cm³/mol. The van der Waals surface area contributed by atoms with Gasteiger partial charge in [0.05, 0.1) is 0 Å². The van der Waals surface area contributed by atoms with Gasteiger partial charge in [0.25, 0.3) is 0 Å². The Bertz CT molecular complexity index is 449. The topological polar surface area (TPSA) is 55.0 Å². The zero-order valence-electron chi connectivity index (χ0n) is 12.0. The third-order valence-electron chi connectivity index (χ3n) is 4.17. The summed E-state index contributed by atoms with van der Waals surface area (Å²) in [4.78, 5) is 11.6. The zero-order valence-corrected chi connectivity index (χ0v) is 12.0. The highest BCUT2D eigenvalue weighted by Gasteiger charge is 2.30. The van der Waals surface area contributed by atoms with E-state index >= 15 is 0 Å². The molecule has 0 aliphatic heterocycles. The Morgan fingerprint density at radius 3 is 2.16 bits per heavy atom. The molecule has 1 aromatic rings. The lowest BCUT2D eigenvalue weighted by Gasteiger charge is -2.26. The van der Waals surface area contributed by atoms with E-state index in [-0.39, 0.29) is 0 Å². The maximum atomic E-state index is 6.05. The zero-order chi connectivity index (χ0) is 13.4. The van der Waals surface area contributed by atoms with Crippen molar-refractivity contribution in [2.24, 2.45) is 11.8 Å². The van der Waals surface area contributed by atoms with Crippen molar-refractivity contribution < 1.29 is 0 Å². The second kappa shape index (κ2) is 4.99. The molecule has 104 valence electrons. The second-order valence-corrected chi connectivity index (χ2v) is 6.12. The van der Waals surface area contributed by atoms with Gasteiger partial charge < -0.3 is 10.6 Å². The van der Waals surface area contributed by atoms with Crippen molar-refractivity contribution in [1.29, 1.82) is 0 Å². The molecule has 0 amide bonds.